The van der Waals surface area contributed by atoms with Crippen molar-refractivity contribution in [3.05, 3.63) is 52.3 Å². The topological polar surface area (TPSA) is 127 Å². The molecule has 0 aliphatic rings. The Labute approximate surface area is 151 Å². The molecule has 0 fully saturated rings. The van der Waals surface area contributed by atoms with E-state index >= 15 is 0 Å². The van der Waals surface area contributed by atoms with Crippen LogP contribution < -0.4 is 10.8 Å². The molecule has 136 valence electrons. The Kier molecular flexibility index (Phi) is 5.90. The van der Waals surface area contributed by atoms with Gasteiger partial charge in [0.15, 0.2) is 0 Å². The first-order valence-corrected chi connectivity index (χ1v) is 7.46. The molecule has 26 heavy (non-hydrogen) atoms. The zero-order valence-electron chi connectivity index (χ0n) is 13.4. The summed E-state index contributed by atoms with van der Waals surface area (Å²) in [7, 11) is 1.11. The molecule has 2 aromatic rings. The molecule has 0 atom stereocenters. The maximum Gasteiger partial charge on any atom is 0.341 e. The Morgan fingerprint density at radius 2 is 2.12 bits per heavy atom. The molecule has 8 nitrogen and oxygen atoms in total. The minimum absolute atomic E-state index is 0.0359. The van der Waals surface area contributed by atoms with Gasteiger partial charge in [0.05, 0.1) is 17.8 Å². The maximum atomic E-state index is 14.3. The first kappa shape index (κ1) is 19.3. The SMILES string of the molecule is CN(O)C(=O)NCc1ncc(-c2cc(Cl)cc(F)c2C(=N)N=[NH2+])cc1F. The molecule has 1 aromatic carbocycles. The molecule has 0 aliphatic heterocycles. The third kappa shape index (κ3) is 4.16. The highest BCUT2D eigenvalue weighted by molar-refractivity contribution is 6.31. The van der Waals surface area contributed by atoms with E-state index in [1.165, 1.54) is 12.3 Å². The molecule has 5 N–H and O–H groups in total. The fourth-order valence-corrected chi connectivity index (χ4v) is 2.33. The number of carbonyl (C=O) groups excluding carboxylic acids is 1. The average molecular weight is 384 g/mol. The van der Waals surface area contributed by atoms with E-state index in [-0.39, 0.29) is 34.0 Å². The first-order chi connectivity index (χ1) is 12.2. The average Bonchev–Trinajstić information content (AvgIpc) is 2.58. The zero-order valence-corrected chi connectivity index (χ0v) is 14.2. The lowest BCUT2D eigenvalue weighted by Crippen LogP contribution is -2.34. The van der Waals surface area contributed by atoms with Crippen LogP contribution in [-0.4, -0.2) is 34.2 Å². The number of nitrogens with one attached hydrogen (secondary N) is 2. The fraction of sp³-hybridized carbons (Fsp3) is 0.133. The molecule has 0 aliphatic carbocycles. The van der Waals surface area contributed by atoms with E-state index in [0.29, 0.717) is 5.06 Å². The number of aromatic nitrogens is 1. The summed E-state index contributed by atoms with van der Waals surface area (Å²) in [5.41, 5.74) is 4.93. The van der Waals surface area contributed by atoms with Gasteiger partial charge in [-0.05, 0) is 23.8 Å². The lowest BCUT2D eigenvalue weighted by Gasteiger charge is -2.12. The van der Waals surface area contributed by atoms with E-state index < -0.39 is 23.5 Å². The van der Waals surface area contributed by atoms with Crippen LogP contribution in [0.25, 0.3) is 11.1 Å². The number of benzene rings is 1. The van der Waals surface area contributed by atoms with Crippen molar-refractivity contribution in [1.29, 1.82) is 5.41 Å². The Bertz CT molecular complexity index is 891. The van der Waals surface area contributed by atoms with Gasteiger partial charge < -0.3 is 5.32 Å². The summed E-state index contributed by atoms with van der Waals surface area (Å²) in [6.45, 7) is -0.277. The molecule has 0 unspecified atom stereocenters. The summed E-state index contributed by atoms with van der Waals surface area (Å²) in [6, 6.07) is 2.53. The summed E-state index contributed by atoms with van der Waals surface area (Å²) in [6.07, 6.45) is 1.23. The summed E-state index contributed by atoms with van der Waals surface area (Å²) >= 11 is 5.84. The van der Waals surface area contributed by atoms with Gasteiger partial charge in [-0.15, -0.1) is 0 Å². The molecule has 1 heterocycles. The van der Waals surface area contributed by atoms with Gasteiger partial charge in [-0.2, -0.15) is 5.53 Å². The normalized spacial score (nSPS) is 10.3. The molecule has 0 bridgehead atoms. The number of nitrogens with zero attached hydrogens (tertiary/aromatic N) is 3. The van der Waals surface area contributed by atoms with Crippen molar-refractivity contribution in [3.8, 4) is 11.1 Å². The lowest BCUT2D eigenvalue weighted by atomic mass is 9.99. The van der Waals surface area contributed by atoms with Gasteiger partial charge in [0.25, 0.3) is 0 Å². The van der Waals surface area contributed by atoms with Crippen molar-refractivity contribution in [3.63, 3.8) is 0 Å². The van der Waals surface area contributed by atoms with Crippen LogP contribution in [-0.2, 0) is 6.54 Å². The third-order valence-electron chi connectivity index (χ3n) is 3.35. The standard InChI is InChI=1S/C15H13ClF2N6O2/c1-24(26)15(25)22-6-12-10(17)2-7(5-21-12)9-3-8(16)4-11(18)13(9)14(19)23-20/h2-5,19-20,26H,6H2,1H3,(H,22,25)/p+1. The van der Waals surface area contributed by atoms with Crippen molar-refractivity contribution in [1.82, 2.24) is 15.4 Å². The Morgan fingerprint density at radius 3 is 2.69 bits per heavy atom. The second kappa shape index (κ2) is 7.93. The highest BCUT2D eigenvalue weighted by atomic mass is 35.5. The zero-order chi connectivity index (χ0) is 19.4. The van der Waals surface area contributed by atoms with Gasteiger partial charge in [-0.25, -0.2) is 18.6 Å². The summed E-state index contributed by atoms with van der Waals surface area (Å²) in [5, 5.41) is 22.3. The Hall–Kier alpha value is -2.98. The minimum atomic E-state index is -0.840. The highest BCUT2D eigenvalue weighted by Gasteiger charge is 2.19. The second-order valence-corrected chi connectivity index (χ2v) is 5.56. The number of halogens is 3. The molecule has 0 radical (unpaired) electrons. The van der Waals surface area contributed by atoms with Crippen molar-refractivity contribution in [2.24, 2.45) is 5.11 Å². The van der Waals surface area contributed by atoms with Gasteiger partial charge in [0.1, 0.15) is 11.6 Å². The monoisotopic (exact) mass is 383 g/mol. The Morgan fingerprint density at radius 1 is 1.42 bits per heavy atom. The van der Waals surface area contributed by atoms with Crippen LogP contribution in [0.5, 0.6) is 0 Å². The number of amides is 2. The third-order valence-corrected chi connectivity index (χ3v) is 3.57. The van der Waals surface area contributed by atoms with Crippen LogP contribution in [0.15, 0.2) is 29.5 Å². The first-order valence-electron chi connectivity index (χ1n) is 7.08. The molecular formula is C15H14ClF2N6O2+. The number of hydroxylamine groups is 2. The van der Waals surface area contributed by atoms with Crippen molar-refractivity contribution >= 4 is 23.5 Å². The van der Waals surface area contributed by atoms with E-state index in [2.05, 4.69) is 15.4 Å². The number of rotatable bonds is 4. The van der Waals surface area contributed by atoms with Gasteiger partial charge >= 0.3 is 6.03 Å². The fourth-order valence-electron chi connectivity index (χ4n) is 2.12. The number of pyridine rings is 1. The molecule has 2 rings (SSSR count). The number of hydrogen-bond acceptors (Lipinski definition) is 4. The van der Waals surface area contributed by atoms with E-state index in [4.69, 9.17) is 27.7 Å². The molecule has 2 amide bonds. The van der Waals surface area contributed by atoms with Crippen molar-refractivity contribution < 1.29 is 24.3 Å². The second-order valence-electron chi connectivity index (χ2n) is 5.12. The summed E-state index contributed by atoms with van der Waals surface area (Å²) < 4.78 is 28.5. The predicted molar refractivity (Wildman–Crippen MR) is 87.6 cm³/mol. The number of carbonyl (C=O) groups is 1. The van der Waals surface area contributed by atoms with Crippen LogP contribution in [0.1, 0.15) is 11.3 Å². The van der Waals surface area contributed by atoms with Crippen LogP contribution in [0, 0.1) is 17.0 Å². The van der Waals surface area contributed by atoms with E-state index in [0.717, 1.165) is 19.2 Å². The van der Waals surface area contributed by atoms with Gasteiger partial charge in [-0.1, -0.05) is 11.6 Å². The van der Waals surface area contributed by atoms with Gasteiger partial charge in [0, 0.05) is 28.9 Å². The quantitative estimate of drug-likeness (QED) is 0.211. The van der Waals surface area contributed by atoms with E-state index in [1.54, 1.807) is 0 Å². The van der Waals surface area contributed by atoms with Crippen molar-refractivity contribution in [2.75, 3.05) is 7.05 Å². The van der Waals surface area contributed by atoms with Crippen LogP contribution in [0.2, 0.25) is 5.02 Å². The summed E-state index contributed by atoms with van der Waals surface area (Å²) in [5.74, 6) is -2.17. The molecule has 0 saturated heterocycles. The van der Waals surface area contributed by atoms with E-state index in [1.807, 2.05) is 0 Å². The smallest absolute Gasteiger partial charge is 0.330 e. The van der Waals surface area contributed by atoms with Crippen LogP contribution in [0.3, 0.4) is 0 Å². The molecular weight excluding hydrogens is 370 g/mol. The largest absolute Gasteiger partial charge is 0.341 e. The van der Waals surface area contributed by atoms with Gasteiger partial charge in [-0.3, -0.25) is 15.6 Å². The number of urea groups is 1. The summed E-state index contributed by atoms with van der Waals surface area (Å²) in [4.78, 5) is 15.1. The van der Waals surface area contributed by atoms with Gasteiger partial charge in [0.2, 0.25) is 5.84 Å². The molecule has 1 aromatic heterocycles. The number of nitrogens with two attached hydrogens (primary N) is 1. The number of amidine groups is 1. The predicted octanol–water partition coefficient (Wildman–Crippen LogP) is 1.75. The Balaban J connectivity index is 2.42. The highest BCUT2D eigenvalue weighted by Crippen LogP contribution is 2.30. The van der Waals surface area contributed by atoms with E-state index in [9.17, 15) is 13.6 Å². The van der Waals surface area contributed by atoms with Crippen molar-refractivity contribution in [2.45, 2.75) is 6.54 Å². The maximum absolute atomic E-state index is 14.3. The van der Waals surface area contributed by atoms with Crippen LogP contribution in [0.4, 0.5) is 13.6 Å². The minimum Gasteiger partial charge on any atom is -0.330 e. The van der Waals surface area contributed by atoms with Crippen LogP contribution >= 0.6 is 11.6 Å². The number of hydrogen-bond donors (Lipinski definition) is 4. The lowest BCUT2D eigenvalue weighted by molar-refractivity contribution is -0.207. The molecule has 11 heteroatoms. The molecule has 0 saturated carbocycles. The molecule has 0 spiro atoms.